The lowest BCUT2D eigenvalue weighted by Crippen LogP contribution is -2.52. The number of halogens is 1. The first-order valence-electron chi connectivity index (χ1n) is 10.6. The van der Waals surface area contributed by atoms with E-state index in [0.717, 1.165) is 41.4 Å². The molecule has 0 bridgehead atoms. The van der Waals surface area contributed by atoms with Gasteiger partial charge in [0.15, 0.2) is 0 Å². The Labute approximate surface area is 196 Å². The highest BCUT2D eigenvalue weighted by Crippen LogP contribution is 2.41. The Bertz CT molecular complexity index is 1210. The summed E-state index contributed by atoms with van der Waals surface area (Å²) in [5.74, 6) is -0.522. The molecule has 1 atom stereocenters. The molecule has 0 saturated heterocycles. The number of rotatable bonds is 7. The van der Waals surface area contributed by atoms with Gasteiger partial charge in [-0.25, -0.2) is 17.6 Å². The van der Waals surface area contributed by atoms with E-state index in [-0.39, 0.29) is 41.0 Å². The Hall–Kier alpha value is -3.38. The number of fused-ring (bicyclic) bond motifs is 1. The highest BCUT2D eigenvalue weighted by molar-refractivity contribution is 7.92. The molecule has 1 aliphatic carbocycles. The standard InChI is InChI=1S/C22H25FN4O6S/c1-26(2)22(9-10-22)20(28)24-12-16-13-27(34(31,32)17-6-3-14(23)4-7-17)18-11-15(25-21(29)30)5-8-19(18)33-16/h3-8,11,16,25H,9-10,12-13H2,1-2H3,(H,24,28)(H,29,30). The Kier molecular flexibility index (Phi) is 6.13. The number of likely N-dealkylation sites (N-methyl/N-ethyl adjacent to an activating group) is 1. The van der Waals surface area contributed by atoms with Crippen LogP contribution in [0.1, 0.15) is 12.8 Å². The SMILES string of the molecule is CN(C)C1(C(=O)NCC2CN(S(=O)(=O)c3ccc(F)cc3)c3cc(NC(=O)O)ccc3O2)CC1. The monoisotopic (exact) mass is 492 g/mol. The number of hydrogen-bond acceptors (Lipinski definition) is 6. The predicted octanol–water partition coefficient (Wildman–Crippen LogP) is 2.08. The maximum Gasteiger partial charge on any atom is 0.409 e. The molecule has 182 valence electrons. The summed E-state index contributed by atoms with van der Waals surface area (Å²) < 4.78 is 47.3. The third-order valence-electron chi connectivity index (χ3n) is 6.04. The number of carboxylic acid groups (broad SMARTS) is 1. The largest absolute Gasteiger partial charge is 0.484 e. The number of benzene rings is 2. The molecule has 1 fully saturated rings. The molecular weight excluding hydrogens is 467 g/mol. The van der Waals surface area contributed by atoms with Crippen LogP contribution in [-0.4, -0.2) is 69.3 Å². The second-order valence-electron chi connectivity index (χ2n) is 8.48. The summed E-state index contributed by atoms with van der Waals surface area (Å²) in [6.45, 7) is -0.0725. The normalized spacial score (nSPS) is 18.6. The van der Waals surface area contributed by atoms with Gasteiger partial charge < -0.3 is 15.2 Å². The number of amides is 2. The van der Waals surface area contributed by atoms with E-state index in [0.29, 0.717) is 0 Å². The second-order valence-corrected chi connectivity index (χ2v) is 10.3. The number of nitrogens with zero attached hydrogens (tertiary/aromatic N) is 2. The number of sulfonamides is 1. The molecule has 1 saturated carbocycles. The Morgan fingerprint density at radius 2 is 1.88 bits per heavy atom. The molecular formula is C22H25FN4O6S. The zero-order valence-electron chi connectivity index (χ0n) is 18.6. The molecule has 0 radical (unpaired) electrons. The third-order valence-corrected chi connectivity index (χ3v) is 7.83. The summed E-state index contributed by atoms with van der Waals surface area (Å²) in [6, 6.07) is 8.67. The number of ether oxygens (including phenoxy) is 1. The Balaban J connectivity index is 1.63. The van der Waals surface area contributed by atoms with Crippen molar-refractivity contribution in [1.82, 2.24) is 10.2 Å². The molecule has 2 amide bonds. The van der Waals surface area contributed by atoms with Crippen molar-refractivity contribution in [2.45, 2.75) is 29.4 Å². The first kappa shape index (κ1) is 23.8. The second kappa shape index (κ2) is 8.76. The lowest BCUT2D eigenvalue weighted by atomic mass is 10.2. The van der Waals surface area contributed by atoms with Crippen LogP contribution >= 0.6 is 0 Å². The van der Waals surface area contributed by atoms with Gasteiger partial charge in [0.2, 0.25) is 5.91 Å². The molecule has 2 aliphatic rings. The maximum absolute atomic E-state index is 13.5. The van der Waals surface area contributed by atoms with Gasteiger partial charge in [-0.1, -0.05) is 0 Å². The lowest BCUT2D eigenvalue weighted by Gasteiger charge is -2.36. The van der Waals surface area contributed by atoms with Gasteiger partial charge in [-0.15, -0.1) is 0 Å². The molecule has 34 heavy (non-hydrogen) atoms. The Morgan fingerprint density at radius 3 is 2.47 bits per heavy atom. The molecule has 1 aliphatic heterocycles. The average Bonchev–Trinajstić information content (AvgIpc) is 3.59. The maximum atomic E-state index is 13.5. The summed E-state index contributed by atoms with van der Waals surface area (Å²) in [7, 11) is -0.482. The molecule has 4 rings (SSSR count). The van der Waals surface area contributed by atoms with Crippen molar-refractivity contribution >= 4 is 33.4 Å². The van der Waals surface area contributed by atoms with E-state index in [2.05, 4.69) is 10.6 Å². The van der Waals surface area contributed by atoms with Gasteiger partial charge >= 0.3 is 6.09 Å². The third kappa shape index (κ3) is 4.50. The van der Waals surface area contributed by atoms with Crippen molar-refractivity contribution in [3.63, 3.8) is 0 Å². The Morgan fingerprint density at radius 1 is 1.21 bits per heavy atom. The molecule has 1 unspecified atom stereocenters. The molecule has 12 heteroatoms. The smallest absolute Gasteiger partial charge is 0.409 e. The van der Waals surface area contributed by atoms with Crippen LogP contribution in [0.3, 0.4) is 0 Å². The van der Waals surface area contributed by atoms with Crippen LogP contribution in [-0.2, 0) is 14.8 Å². The van der Waals surface area contributed by atoms with Crippen LogP contribution in [0.15, 0.2) is 47.4 Å². The van der Waals surface area contributed by atoms with Gasteiger partial charge in [0.1, 0.15) is 17.7 Å². The van der Waals surface area contributed by atoms with E-state index >= 15 is 0 Å². The fraction of sp³-hybridized carbons (Fsp3) is 0.364. The van der Waals surface area contributed by atoms with Crippen molar-refractivity contribution in [3.8, 4) is 5.75 Å². The fourth-order valence-corrected chi connectivity index (χ4v) is 5.45. The van der Waals surface area contributed by atoms with Crippen molar-refractivity contribution in [3.05, 3.63) is 48.3 Å². The van der Waals surface area contributed by atoms with Gasteiger partial charge in [-0.05, 0) is 69.4 Å². The predicted molar refractivity (Wildman–Crippen MR) is 122 cm³/mol. The lowest BCUT2D eigenvalue weighted by molar-refractivity contribution is -0.127. The van der Waals surface area contributed by atoms with Gasteiger partial charge in [0.25, 0.3) is 10.0 Å². The van der Waals surface area contributed by atoms with Gasteiger partial charge in [-0.2, -0.15) is 0 Å². The summed E-state index contributed by atoms with van der Waals surface area (Å²) in [5, 5.41) is 14.1. The first-order chi connectivity index (χ1) is 16.0. The van der Waals surface area contributed by atoms with Crippen LogP contribution < -0.4 is 19.7 Å². The highest BCUT2D eigenvalue weighted by atomic mass is 32.2. The van der Waals surface area contributed by atoms with Crippen molar-refractivity contribution in [2.24, 2.45) is 0 Å². The van der Waals surface area contributed by atoms with Gasteiger partial charge in [0, 0.05) is 5.69 Å². The molecule has 2 aromatic carbocycles. The number of carbonyl (C=O) groups excluding carboxylic acids is 1. The van der Waals surface area contributed by atoms with E-state index < -0.39 is 33.6 Å². The minimum absolute atomic E-state index is 0.0679. The van der Waals surface area contributed by atoms with Crippen molar-refractivity contribution in [2.75, 3.05) is 36.8 Å². The molecule has 0 spiro atoms. The van der Waals surface area contributed by atoms with Crippen LogP contribution in [0, 0.1) is 5.82 Å². The molecule has 10 nitrogen and oxygen atoms in total. The number of hydrogen-bond donors (Lipinski definition) is 3. The molecule has 3 N–H and O–H groups in total. The zero-order valence-corrected chi connectivity index (χ0v) is 19.4. The summed E-state index contributed by atoms with van der Waals surface area (Å²) in [5.41, 5.74) is -0.267. The summed E-state index contributed by atoms with van der Waals surface area (Å²) in [6.07, 6.45) is -0.530. The van der Waals surface area contributed by atoms with E-state index in [1.54, 1.807) is 0 Å². The first-order valence-corrected chi connectivity index (χ1v) is 12.0. The molecule has 1 heterocycles. The number of nitrogens with one attached hydrogen (secondary N) is 2. The number of carbonyl (C=O) groups is 2. The van der Waals surface area contributed by atoms with Crippen molar-refractivity contribution < 1.29 is 32.2 Å². The fourth-order valence-electron chi connectivity index (χ4n) is 3.95. The average molecular weight is 493 g/mol. The van der Waals surface area contributed by atoms with Gasteiger partial charge in [0.05, 0.1) is 29.2 Å². The van der Waals surface area contributed by atoms with Crippen LogP contribution in [0.4, 0.5) is 20.6 Å². The van der Waals surface area contributed by atoms with Gasteiger partial charge in [-0.3, -0.25) is 19.3 Å². The van der Waals surface area contributed by atoms with Crippen LogP contribution in [0.25, 0.3) is 0 Å². The topological polar surface area (TPSA) is 128 Å². The number of anilines is 2. The van der Waals surface area contributed by atoms with E-state index in [9.17, 15) is 22.4 Å². The molecule has 0 aromatic heterocycles. The molecule has 2 aromatic rings. The highest BCUT2D eigenvalue weighted by Gasteiger charge is 2.52. The van der Waals surface area contributed by atoms with Crippen molar-refractivity contribution in [1.29, 1.82) is 0 Å². The summed E-state index contributed by atoms with van der Waals surface area (Å²) in [4.78, 5) is 25.5. The minimum atomic E-state index is -4.15. The van der Waals surface area contributed by atoms with E-state index in [1.165, 1.54) is 18.2 Å². The minimum Gasteiger partial charge on any atom is -0.484 e. The zero-order chi connectivity index (χ0) is 24.7. The van der Waals surface area contributed by atoms with Crippen LogP contribution in [0.2, 0.25) is 0 Å². The van der Waals surface area contributed by atoms with E-state index in [4.69, 9.17) is 9.84 Å². The van der Waals surface area contributed by atoms with Crippen LogP contribution in [0.5, 0.6) is 5.75 Å². The quantitative estimate of drug-likeness (QED) is 0.540. The summed E-state index contributed by atoms with van der Waals surface area (Å²) >= 11 is 0. The van der Waals surface area contributed by atoms with E-state index in [1.807, 2.05) is 19.0 Å².